The fourth-order valence-corrected chi connectivity index (χ4v) is 2.27. The number of halogens is 1. The van der Waals surface area contributed by atoms with Crippen LogP contribution in [0.15, 0.2) is 36.4 Å². The Morgan fingerprint density at radius 2 is 1.86 bits per heavy atom. The second kappa shape index (κ2) is 5.86. The topological polar surface area (TPSA) is 35.2 Å². The monoisotopic (exact) mass is 287 g/mol. The average molecular weight is 287 g/mol. The van der Waals surface area contributed by atoms with Crippen LogP contribution >= 0.6 is 0 Å². The van der Waals surface area contributed by atoms with Crippen LogP contribution in [-0.2, 0) is 12.0 Å². The summed E-state index contributed by atoms with van der Waals surface area (Å²) < 4.78 is 20.0. The van der Waals surface area contributed by atoms with Crippen LogP contribution in [0.4, 0.5) is 4.39 Å². The lowest BCUT2D eigenvalue weighted by atomic mass is 9.86. The van der Waals surface area contributed by atoms with Crippen LogP contribution in [0.25, 0.3) is 0 Å². The summed E-state index contributed by atoms with van der Waals surface area (Å²) in [7, 11) is 0. The van der Waals surface area contributed by atoms with E-state index in [1.165, 1.54) is 6.07 Å². The zero-order valence-corrected chi connectivity index (χ0v) is 13.0. The minimum Gasteiger partial charge on any atom is -0.454 e. The molecule has 0 aliphatic heterocycles. The van der Waals surface area contributed by atoms with E-state index in [0.29, 0.717) is 11.3 Å². The summed E-state index contributed by atoms with van der Waals surface area (Å²) in [5.74, 6) is 0.512. The molecule has 0 bridgehead atoms. The molecule has 112 valence electrons. The molecule has 2 rings (SSSR count). The Kier molecular flexibility index (Phi) is 4.33. The molecular formula is C18H22FNO. The maximum Gasteiger partial charge on any atom is 0.167 e. The van der Waals surface area contributed by atoms with Crippen molar-refractivity contribution in [1.29, 1.82) is 0 Å². The molecule has 0 amide bonds. The van der Waals surface area contributed by atoms with Gasteiger partial charge in [-0.05, 0) is 30.0 Å². The van der Waals surface area contributed by atoms with Gasteiger partial charge in [-0.2, -0.15) is 0 Å². The minimum absolute atomic E-state index is 0.0861. The highest BCUT2D eigenvalue weighted by Gasteiger charge is 2.21. The molecule has 2 N–H and O–H groups in total. The third-order valence-corrected chi connectivity index (χ3v) is 3.43. The summed E-state index contributed by atoms with van der Waals surface area (Å²) in [5, 5.41) is 0. The number of ether oxygens (including phenoxy) is 1. The van der Waals surface area contributed by atoms with E-state index >= 15 is 0 Å². The molecule has 0 heterocycles. The molecule has 3 heteroatoms. The maximum absolute atomic E-state index is 14.1. The lowest BCUT2D eigenvalue weighted by Crippen LogP contribution is -2.13. The zero-order valence-electron chi connectivity index (χ0n) is 13.0. The van der Waals surface area contributed by atoms with E-state index in [-0.39, 0.29) is 23.5 Å². The summed E-state index contributed by atoms with van der Waals surface area (Å²) in [4.78, 5) is 0. The van der Waals surface area contributed by atoms with Crippen LogP contribution in [0.3, 0.4) is 0 Å². The number of para-hydroxylation sites is 1. The van der Waals surface area contributed by atoms with Gasteiger partial charge in [-0.15, -0.1) is 0 Å². The van der Waals surface area contributed by atoms with Gasteiger partial charge in [-0.1, -0.05) is 45.0 Å². The van der Waals surface area contributed by atoms with E-state index in [0.717, 1.165) is 11.1 Å². The van der Waals surface area contributed by atoms with Gasteiger partial charge in [0.15, 0.2) is 11.6 Å². The maximum atomic E-state index is 14.1. The Morgan fingerprint density at radius 3 is 2.48 bits per heavy atom. The summed E-state index contributed by atoms with van der Waals surface area (Å²) >= 11 is 0. The first-order chi connectivity index (χ1) is 9.82. The lowest BCUT2D eigenvalue weighted by molar-refractivity contribution is 0.419. The number of hydrogen-bond acceptors (Lipinski definition) is 2. The summed E-state index contributed by atoms with van der Waals surface area (Å²) in [6, 6.07) is 10.8. The van der Waals surface area contributed by atoms with Crippen molar-refractivity contribution in [2.75, 3.05) is 0 Å². The Morgan fingerprint density at radius 1 is 1.14 bits per heavy atom. The van der Waals surface area contributed by atoms with Crippen LogP contribution in [0, 0.1) is 12.7 Å². The molecule has 0 saturated carbocycles. The summed E-state index contributed by atoms with van der Waals surface area (Å²) in [6.07, 6.45) is 0. The van der Waals surface area contributed by atoms with Gasteiger partial charge in [0.2, 0.25) is 0 Å². The summed E-state index contributed by atoms with van der Waals surface area (Å²) in [6.45, 7) is 8.55. The van der Waals surface area contributed by atoms with Crippen LogP contribution < -0.4 is 10.5 Å². The molecule has 0 aliphatic rings. The van der Waals surface area contributed by atoms with E-state index in [1.54, 1.807) is 12.1 Å². The number of nitrogens with two attached hydrogens (primary N) is 1. The fraction of sp³-hybridized carbons (Fsp3) is 0.333. The molecule has 21 heavy (non-hydrogen) atoms. The second-order valence-corrected chi connectivity index (χ2v) is 6.28. The predicted octanol–water partition coefficient (Wildman–Crippen LogP) is 4.68. The average Bonchev–Trinajstić information content (AvgIpc) is 2.39. The second-order valence-electron chi connectivity index (χ2n) is 6.28. The van der Waals surface area contributed by atoms with Crippen molar-refractivity contribution in [3.8, 4) is 11.5 Å². The summed E-state index contributed by atoms with van der Waals surface area (Å²) in [5.41, 5.74) is 8.37. The SMILES string of the molecule is Cc1ccc(C(C)(C)C)c(Oc2c(F)cccc2CN)c1. The van der Waals surface area contributed by atoms with Gasteiger partial charge < -0.3 is 10.5 Å². The molecule has 0 aliphatic carbocycles. The Balaban J connectivity index is 2.52. The van der Waals surface area contributed by atoms with Gasteiger partial charge in [-0.3, -0.25) is 0 Å². The van der Waals surface area contributed by atoms with Crippen molar-refractivity contribution in [2.45, 2.75) is 39.7 Å². The third kappa shape index (κ3) is 3.42. The van der Waals surface area contributed by atoms with Gasteiger partial charge in [0.1, 0.15) is 5.75 Å². The molecule has 0 unspecified atom stereocenters. The predicted molar refractivity (Wildman–Crippen MR) is 84.2 cm³/mol. The van der Waals surface area contributed by atoms with E-state index in [1.807, 2.05) is 25.1 Å². The minimum atomic E-state index is -0.390. The van der Waals surface area contributed by atoms with Crippen molar-refractivity contribution in [2.24, 2.45) is 5.73 Å². The van der Waals surface area contributed by atoms with E-state index < -0.39 is 0 Å². The molecule has 0 fully saturated rings. The molecule has 0 spiro atoms. The molecule has 0 saturated heterocycles. The van der Waals surface area contributed by atoms with Crippen molar-refractivity contribution >= 4 is 0 Å². The fourth-order valence-electron chi connectivity index (χ4n) is 2.27. The highest BCUT2D eigenvalue weighted by atomic mass is 19.1. The molecule has 0 radical (unpaired) electrons. The van der Waals surface area contributed by atoms with Gasteiger partial charge in [0.05, 0.1) is 0 Å². The standard InChI is InChI=1S/C18H22FNO/c1-12-8-9-14(18(2,3)4)16(10-12)21-17-13(11-20)6-5-7-15(17)19/h5-10H,11,20H2,1-4H3. The molecule has 2 aromatic rings. The van der Waals surface area contributed by atoms with Crippen LogP contribution in [0.1, 0.15) is 37.5 Å². The molecule has 2 aromatic carbocycles. The quantitative estimate of drug-likeness (QED) is 0.889. The molecular weight excluding hydrogens is 265 g/mol. The Bertz CT molecular complexity index is 644. The Hall–Kier alpha value is -1.87. The normalized spacial score (nSPS) is 11.5. The number of hydrogen-bond donors (Lipinski definition) is 1. The van der Waals surface area contributed by atoms with Gasteiger partial charge >= 0.3 is 0 Å². The van der Waals surface area contributed by atoms with Crippen molar-refractivity contribution < 1.29 is 9.13 Å². The van der Waals surface area contributed by atoms with Crippen LogP contribution in [-0.4, -0.2) is 0 Å². The highest BCUT2D eigenvalue weighted by molar-refractivity contribution is 5.46. The van der Waals surface area contributed by atoms with E-state index in [9.17, 15) is 4.39 Å². The number of aryl methyl sites for hydroxylation is 1. The van der Waals surface area contributed by atoms with Crippen LogP contribution in [0.5, 0.6) is 11.5 Å². The lowest BCUT2D eigenvalue weighted by Gasteiger charge is -2.23. The zero-order chi connectivity index (χ0) is 15.6. The first kappa shape index (κ1) is 15.5. The first-order valence-corrected chi connectivity index (χ1v) is 7.09. The largest absolute Gasteiger partial charge is 0.454 e. The third-order valence-electron chi connectivity index (χ3n) is 3.43. The van der Waals surface area contributed by atoms with Crippen molar-refractivity contribution in [1.82, 2.24) is 0 Å². The van der Waals surface area contributed by atoms with Crippen molar-refractivity contribution in [3.63, 3.8) is 0 Å². The van der Waals surface area contributed by atoms with E-state index in [2.05, 4.69) is 20.8 Å². The van der Waals surface area contributed by atoms with Gasteiger partial charge in [-0.25, -0.2) is 4.39 Å². The van der Waals surface area contributed by atoms with E-state index in [4.69, 9.17) is 10.5 Å². The van der Waals surface area contributed by atoms with Crippen LogP contribution in [0.2, 0.25) is 0 Å². The molecule has 0 aromatic heterocycles. The Labute approximate surface area is 125 Å². The van der Waals surface area contributed by atoms with Gasteiger partial charge in [0.25, 0.3) is 0 Å². The van der Waals surface area contributed by atoms with Gasteiger partial charge in [0, 0.05) is 17.7 Å². The highest BCUT2D eigenvalue weighted by Crippen LogP contribution is 2.36. The van der Waals surface area contributed by atoms with Crippen molar-refractivity contribution in [3.05, 3.63) is 58.9 Å². The molecule has 2 nitrogen and oxygen atoms in total. The number of rotatable bonds is 3. The first-order valence-electron chi connectivity index (χ1n) is 7.09. The molecule has 0 atom stereocenters. The smallest absolute Gasteiger partial charge is 0.167 e. The number of benzene rings is 2.